The molecule has 3 aromatic heterocycles. The third kappa shape index (κ3) is 3.78. The number of hydrogen-bond acceptors (Lipinski definition) is 7. The Bertz CT molecular complexity index is 1210. The van der Waals surface area contributed by atoms with Crippen LogP contribution in [0, 0.1) is 6.92 Å². The van der Waals surface area contributed by atoms with Gasteiger partial charge < -0.3 is 14.8 Å². The highest BCUT2D eigenvalue weighted by Gasteiger charge is 2.13. The van der Waals surface area contributed by atoms with E-state index >= 15 is 0 Å². The number of aryl methyl sites for hydroxylation is 1. The summed E-state index contributed by atoms with van der Waals surface area (Å²) in [6.07, 6.45) is 1.45. The van der Waals surface area contributed by atoms with Gasteiger partial charge in [-0.2, -0.15) is 5.10 Å². The van der Waals surface area contributed by atoms with E-state index in [-0.39, 0.29) is 17.2 Å². The van der Waals surface area contributed by atoms with E-state index < -0.39 is 0 Å². The Morgan fingerprint density at radius 3 is 2.86 bits per heavy atom. The fourth-order valence-corrected chi connectivity index (χ4v) is 3.26. The number of rotatable bonds is 5. The fraction of sp³-hybridized carbons (Fsp3) is 0.118. The van der Waals surface area contributed by atoms with Crippen LogP contribution in [0.4, 0.5) is 5.82 Å². The van der Waals surface area contributed by atoms with Crippen LogP contribution >= 0.6 is 23.4 Å². The number of hydrogen-bond donors (Lipinski definition) is 2. The molecule has 0 fully saturated rings. The van der Waals surface area contributed by atoms with Gasteiger partial charge in [0.05, 0.1) is 17.6 Å². The molecule has 0 aliphatic rings. The first-order valence-electron chi connectivity index (χ1n) is 8.09. The minimum absolute atomic E-state index is 0.0371. The number of thioether (sulfide) groups is 1. The van der Waals surface area contributed by atoms with Gasteiger partial charge in [0, 0.05) is 11.1 Å². The molecule has 11 heteroatoms. The molecule has 0 radical (unpaired) electrons. The molecule has 2 N–H and O–H groups in total. The second-order valence-corrected chi connectivity index (χ2v) is 7.20. The van der Waals surface area contributed by atoms with Gasteiger partial charge in [0.2, 0.25) is 5.91 Å². The van der Waals surface area contributed by atoms with Crippen molar-refractivity contribution in [1.29, 1.82) is 0 Å². The number of halogens is 1. The van der Waals surface area contributed by atoms with E-state index in [0.29, 0.717) is 38.5 Å². The van der Waals surface area contributed by atoms with Crippen LogP contribution in [0.1, 0.15) is 5.76 Å². The number of H-pyrrole nitrogens is 1. The SMILES string of the molecule is Cc1cc(NC(=O)CSc2nc3c(cnn3-c3ccc(Cl)cc3)c(=O)[nH]2)no1. The Morgan fingerprint density at radius 2 is 2.14 bits per heavy atom. The van der Waals surface area contributed by atoms with Crippen LogP contribution in [0.2, 0.25) is 5.02 Å². The van der Waals surface area contributed by atoms with Crippen molar-refractivity contribution in [2.45, 2.75) is 12.1 Å². The summed E-state index contributed by atoms with van der Waals surface area (Å²) in [6.45, 7) is 1.73. The Labute approximate surface area is 167 Å². The van der Waals surface area contributed by atoms with Gasteiger partial charge in [0.1, 0.15) is 11.1 Å². The van der Waals surface area contributed by atoms with E-state index in [1.807, 2.05) is 0 Å². The molecule has 0 unspecified atom stereocenters. The maximum Gasteiger partial charge on any atom is 0.262 e. The van der Waals surface area contributed by atoms with E-state index in [2.05, 4.69) is 25.5 Å². The van der Waals surface area contributed by atoms with E-state index in [1.165, 1.54) is 6.20 Å². The van der Waals surface area contributed by atoms with Gasteiger partial charge in [0.25, 0.3) is 5.56 Å². The summed E-state index contributed by atoms with van der Waals surface area (Å²) in [5.41, 5.74) is 0.772. The van der Waals surface area contributed by atoms with Gasteiger partial charge in [0.15, 0.2) is 16.6 Å². The molecule has 0 saturated heterocycles. The standard InChI is InChI=1S/C17H13ClN6O3S/c1-9-6-13(23-27-9)20-14(25)8-28-17-21-15-12(16(26)22-17)7-19-24(15)11-4-2-10(18)3-5-11/h2-7H,8H2,1H3,(H,20,23,25)(H,21,22,26). The number of nitrogens with one attached hydrogen (secondary N) is 2. The summed E-state index contributed by atoms with van der Waals surface area (Å²) in [6, 6.07) is 8.61. The van der Waals surface area contributed by atoms with Gasteiger partial charge in [-0.1, -0.05) is 28.5 Å². The van der Waals surface area contributed by atoms with Crippen LogP contribution in [0.5, 0.6) is 0 Å². The van der Waals surface area contributed by atoms with Crippen LogP contribution in [-0.2, 0) is 4.79 Å². The predicted octanol–water partition coefficient (Wildman–Crippen LogP) is 2.79. The minimum atomic E-state index is -0.333. The van der Waals surface area contributed by atoms with Gasteiger partial charge in [-0.3, -0.25) is 9.59 Å². The molecule has 0 atom stereocenters. The smallest absolute Gasteiger partial charge is 0.262 e. The van der Waals surface area contributed by atoms with Crippen molar-refractivity contribution in [1.82, 2.24) is 24.9 Å². The number of amides is 1. The Kier molecular flexibility index (Phi) is 4.88. The number of nitrogens with zero attached hydrogens (tertiary/aromatic N) is 4. The highest BCUT2D eigenvalue weighted by Crippen LogP contribution is 2.19. The molecule has 4 aromatic rings. The number of fused-ring (bicyclic) bond motifs is 1. The van der Waals surface area contributed by atoms with Gasteiger partial charge in [-0.05, 0) is 31.2 Å². The summed E-state index contributed by atoms with van der Waals surface area (Å²) in [5.74, 6) is 0.665. The maximum absolute atomic E-state index is 12.3. The van der Waals surface area contributed by atoms with Crippen LogP contribution in [-0.4, -0.2) is 36.6 Å². The average molecular weight is 417 g/mol. The summed E-state index contributed by atoms with van der Waals surface area (Å²) < 4.78 is 6.44. The Hall–Kier alpha value is -3.11. The molecule has 1 amide bonds. The summed E-state index contributed by atoms with van der Waals surface area (Å²) >= 11 is 7.01. The quantitative estimate of drug-likeness (QED) is 0.379. The number of benzene rings is 1. The van der Waals surface area contributed by atoms with Gasteiger partial charge >= 0.3 is 0 Å². The molecule has 0 aliphatic carbocycles. The van der Waals surface area contributed by atoms with Crippen molar-refractivity contribution >= 4 is 46.1 Å². The maximum atomic E-state index is 12.3. The van der Waals surface area contributed by atoms with Gasteiger partial charge in [-0.15, -0.1) is 0 Å². The first-order chi connectivity index (χ1) is 13.5. The molecular formula is C17H13ClN6O3S. The van der Waals surface area contributed by atoms with Crippen LogP contribution in [0.25, 0.3) is 16.7 Å². The first-order valence-corrected chi connectivity index (χ1v) is 9.46. The lowest BCUT2D eigenvalue weighted by molar-refractivity contribution is -0.113. The summed E-state index contributed by atoms with van der Waals surface area (Å²) in [5, 5.41) is 11.8. The molecule has 9 nitrogen and oxygen atoms in total. The lowest BCUT2D eigenvalue weighted by Crippen LogP contribution is -2.15. The second-order valence-electron chi connectivity index (χ2n) is 5.80. The zero-order chi connectivity index (χ0) is 19.7. The molecule has 4 rings (SSSR count). The molecule has 1 aromatic carbocycles. The third-order valence-corrected chi connectivity index (χ3v) is 4.85. The number of aromatic nitrogens is 5. The van der Waals surface area contributed by atoms with E-state index in [1.54, 1.807) is 41.9 Å². The van der Waals surface area contributed by atoms with E-state index in [4.69, 9.17) is 16.1 Å². The molecule has 142 valence electrons. The molecule has 0 bridgehead atoms. The first kappa shape index (κ1) is 18.3. The number of anilines is 1. The highest BCUT2D eigenvalue weighted by atomic mass is 35.5. The Balaban J connectivity index is 1.56. The predicted molar refractivity (Wildman–Crippen MR) is 105 cm³/mol. The molecule has 28 heavy (non-hydrogen) atoms. The highest BCUT2D eigenvalue weighted by molar-refractivity contribution is 7.99. The molecule has 0 spiro atoms. The second kappa shape index (κ2) is 7.49. The van der Waals surface area contributed by atoms with Crippen LogP contribution < -0.4 is 10.9 Å². The van der Waals surface area contributed by atoms with Crippen LogP contribution in [0.15, 0.2) is 51.0 Å². The summed E-state index contributed by atoms with van der Waals surface area (Å²) in [7, 11) is 0. The monoisotopic (exact) mass is 416 g/mol. The fourth-order valence-electron chi connectivity index (χ4n) is 2.48. The number of carbonyl (C=O) groups excluding carboxylic acids is 1. The van der Waals surface area contributed by atoms with Crippen molar-refractivity contribution in [3.8, 4) is 5.69 Å². The van der Waals surface area contributed by atoms with Crippen molar-refractivity contribution in [3.05, 3.63) is 57.7 Å². The topological polar surface area (TPSA) is 119 Å². The normalized spacial score (nSPS) is 11.1. The zero-order valence-corrected chi connectivity index (χ0v) is 16.0. The zero-order valence-electron chi connectivity index (χ0n) is 14.5. The largest absolute Gasteiger partial charge is 0.360 e. The van der Waals surface area contributed by atoms with Crippen molar-refractivity contribution < 1.29 is 9.32 Å². The number of carbonyl (C=O) groups is 1. The van der Waals surface area contributed by atoms with Gasteiger partial charge in [-0.25, -0.2) is 9.67 Å². The van der Waals surface area contributed by atoms with E-state index in [0.717, 1.165) is 11.8 Å². The summed E-state index contributed by atoms with van der Waals surface area (Å²) in [4.78, 5) is 31.5. The molecular weight excluding hydrogens is 404 g/mol. The lowest BCUT2D eigenvalue weighted by atomic mass is 10.3. The van der Waals surface area contributed by atoms with Crippen molar-refractivity contribution in [2.75, 3.05) is 11.1 Å². The number of aromatic amines is 1. The van der Waals surface area contributed by atoms with Crippen LogP contribution in [0.3, 0.4) is 0 Å². The molecule has 3 heterocycles. The average Bonchev–Trinajstić information content (AvgIpc) is 3.27. The van der Waals surface area contributed by atoms with E-state index in [9.17, 15) is 9.59 Å². The molecule has 0 aliphatic heterocycles. The molecule has 0 saturated carbocycles. The van der Waals surface area contributed by atoms with Crippen molar-refractivity contribution in [3.63, 3.8) is 0 Å². The Morgan fingerprint density at radius 1 is 1.36 bits per heavy atom. The third-order valence-electron chi connectivity index (χ3n) is 3.72. The lowest BCUT2D eigenvalue weighted by Gasteiger charge is -2.05. The minimum Gasteiger partial charge on any atom is -0.360 e. The van der Waals surface area contributed by atoms with Crippen molar-refractivity contribution in [2.24, 2.45) is 0 Å².